The molecule has 0 bridgehead atoms. The monoisotopic (exact) mass is 304 g/mol. The van der Waals surface area contributed by atoms with Crippen LogP contribution in [0.1, 0.15) is 40.0 Å². The third kappa shape index (κ3) is 1.43. The molecule has 1 saturated carbocycles. The van der Waals surface area contributed by atoms with E-state index in [2.05, 4.69) is 6.92 Å². The van der Waals surface area contributed by atoms with Crippen molar-refractivity contribution in [3.8, 4) is 0 Å². The Morgan fingerprint density at radius 2 is 2.14 bits per heavy atom. The van der Waals surface area contributed by atoms with Crippen molar-refractivity contribution < 1.29 is 23.8 Å². The summed E-state index contributed by atoms with van der Waals surface area (Å²) in [6, 6.07) is 0. The number of hydrogen-bond donors (Lipinski definition) is 0. The second-order valence-electron chi connectivity index (χ2n) is 6.78. The highest BCUT2D eigenvalue weighted by atomic mass is 16.7. The molecule has 0 spiro atoms. The van der Waals surface area contributed by atoms with Gasteiger partial charge in [-0.05, 0) is 32.6 Å². The van der Waals surface area contributed by atoms with Crippen LogP contribution in [0.2, 0.25) is 0 Å². The number of esters is 2. The van der Waals surface area contributed by atoms with Crippen LogP contribution in [0.5, 0.6) is 0 Å². The van der Waals surface area contributed by atoms with E-state index < -0.39 is 11.9 Å². The zero-order valence-electron chi connectivity index (χ0n) is 13.1. The first-order valence-corrected chi connectivity index (χ1v) is 7.94. The molecule has 5 heteroatoms. The Hall–Kier alpha value is -1.62. The van der Waals surface area contributed by atoms with Crippen LogP contribution in [0.4, 0.5) is 0 Å². The number of allylic oxidation sites excluding steroid dienone is 1. The Morgan fingerprint density at radius 3 is 2.86 bits per heavy atom. The summed E-state index contributed by atoms with van der Waals surface area (Å²) in [6.45, 7) is 6.14. The smallest absolute Gasteiger partial charge is 0.336 e. The molecular formula is C17H20O5. The third-order valence-electron chi connectivity index (χ3n) is 5.81. The van der Waals surface area contributed by atoms with Gasteiger partial charge in [-0.25, -0.2) is 9.59 Å². The molecule has 0 amide bonds. The van der Waals surface area contributed by atoms with Crippen LogP contribution in [0.15, 0.2) is 22.8 Å². The molecule has 4 atom stereocenters. The van der Waals surface area contributed by atoms with E-state index in [1.54, 1.807) is 6.92 Å². The molecule has 0 radical (unpaired) electrons. The summed E-state index contributed by atoms with van der Waals surface area (Å²) >= 11 is 0. The number of carbonyl (C=O) groups is 2. The van der Waals surface area contributed by atoms with Gasteiger partial charge in [0.05, 0.1) is 5.57 Å². The van der Waals surface area contributed by atoms with Gasteiger partial charge < -0.3 is 14.2 Å². The minimum Gasteiger partial charge on any atom is -0.453 e. The Labute approximate surface area is 129 Å². The van der Waals surface area contributed by atoms with Gasteiger partial charge in [0.25, 0.3) is 0 Å². The molecule has 22 heavy (non-hydrogen) atoms. The molecule has 0 aromatic heterocycles. The quantitative estimate of drug-likeness (QED) is 0.732. The van der Waals surface area contributed by atoms with Gasteiger partial charge in [-0.1, -0.05) is 13.0 Å². The lowest BCUT2D eigenvalue weighted by atomic mass is 9.56. The van der Waals surface area contributed by atoms with Gasteiger partial charge in [-0.15, -0.1) is 0 Å². The fourth-order valence-corrected chi connectivity index (χ4v) is 4.74. The SMILES string of the molecule is CCO[C@@]12C[C@@H]3CCC=C4C(=O)O[C@H](C1=C(C)C(=O)O2)[C@@]43C. The summed E-state index contributed by atoms with van der Waals surface area (Å²) in [5.41, 5.74) is 1.63. The van der Waals surface area contributed by atoms with Gasteiger partial charge in [0.1, 0.15) is 6.10 Å². The maximum absolute atomic E-state index is 12.3. The van der Waals surface area contributed by atoms with E-state index in [-0.39, 0.29) is 23.3 Å². The van der Waals surface area contributed by atoms with E-state index in [4.69, 9.17) is 14.2 Å². The molecule has 4 rings (SSSR count). The van der Waals surface area contributed by atoms with Crippen molar-refractivity contribution in [2.75, 3.05) is 6.61 Å². The average Bonchev–Trinajstić information content (AvgIpc) is 2.85. The van der Waals surface area contributed by atoms with Crippen LogP contribution < -0.4 is 0 Å². The zero-order valence-corrected chi connectivity index (χ0v) is 13.1. The Bertz CT molecular complexity index is 645. The van der Waals surface area contributed by atoms with Crippen LogP contribution in [-0.4, -0.2) is 30.4 Å². The van der Waals surface area contributed by atoms with Crippen LogP contribution in [-0.2, 0) is 23.8 Å². The van der Waals surface area contributed by atoms with Crippen molar-refractivity contribution in [2.45, 2.75) is 51.9 Å². The molecule has 2 aliphatic carbocycles. The number of ether oxygens (including phenoxy) is 3. The summed E-state index contributed by atoms with van der Waals surface area (Å²) < 4.78 is 17.3. The van der Waals surface area contributed by atoms with E-state index in [9.17, 15) is 9.59 Å². The van der Waals surface area contributed by atoms with E-state index in [0.29, 0.717) is 18.6 Å². The van der Waals surface area contributed by atoms with Gasteiger partial charge in [0, 0.05) is 29.6 Å². The lowest BCUT2D eigenvalue weighted by molar-refractivity contribution is -0.227. The molecule has 4 aliphatic rings. The van der Waals surface area contributed by atoms with Crippen molar-refractivity contribution in [3.63, 3.8) is 0 Å². The second kappa shape index (κ2) is 4.22. The van der Waals surface area contributed by atoms with Gasteiger partial charge in [0.2, 0.25) is 5.79 Å². The van der Waals surface area contributed by atoms with Gasteiger partial charge in [-0.3, -0.25) is 0 Å². The van der Waals surface area contributed by atoms with E-state index >= 15 is 0 Å². The minimum absolute atomic E-state index is 0.206. The summed E-state index contributed by atoms with van der Waals surface area (Å²) in [5, 5.41) is 0. The molecule has 0 unspecified atom stereocenters. The van der Waals surface area contributed by atoms with Crippen molar-refractivity contribution in [1.29, 1.82) is 0 Å². The average molecular weight is 304 g/mol. The predicted molar refractivity (Wildman–Crippen MR) is 76.6 cm³/mol. The minimum atomic E-state index is -1.04. The Morgan fingerprint density at radius 1 is 1.36 bits per heavy atom. The van der Waals surface area contributed by atoms with Crippen molar-refractivity contribution in [1.82, 2.24) is 0 Å². The molecular weight excluding hydrogens is 284 g/mol. The van der Waals surface area contributed by atoms with Gasteiger partial charge >= 0.3 is 11.9 Å². The summed E-state index contributed by atoms with van der Waals surface area (Å²) in [4.78, 5) is 24.5. The van der Waals surface area contributed by atoms with Gasteiger partial charge in [-0.2, -0.15) is 0 Å². The molecule has 0 aromatic carbocycles. The third-order valence-corrected chi connectivity index (χ3v) is 5.81. The van der Waals surface area contributed by atoms with Crippen LogP contribution in [0.25, 0.3) is 0 Å². The van der Waals surface area contributed by atoms with Crippen molar-refractivity contribution in [3.05, 3.63) is 22.8 Å². The number of carbonyl (C=O) groups excluding carboxylic acids is 2. The van der Waals surface area contributed by atoms with Crippen molar-refractivity contribution in [2.24, 2.45) is 11.3 Å². The molecule has 2 aliphatic heterocycles. The normalized spacial score (nSPS) is 42.6. The molecule has 5 nitrogen and oxygen atoms in total. The standard InChI is InChI=1S/C17H20O5/c1-4-20-17-8-10-6-5-7-11-15(19)21-13(16(10,11)3)12(17)9(2)14(18)22-17/h7,10,13H,4-6,8H2,1-3H3/t10-,13+,16+,17+/m0/s1. The molecule has 0 aromatic rings. The van der Waals surface area contributed by atoms with Crippen LogP contribution in [0.3, 0.4) is 0 Å². The Balaban J connectivity index is 1.92. The fraction of sp³-hybridized carbons (Fsp3) is 0.647. The van der Waals surface area contributed by atoms with E-state index in [1.165, 1.54) is 0 Å². The highest BCUT2D eigenvalue weighted by molar-refractivity contribution is 5.96. The summed E-state index contributed by atoms with van der Waals surface area (Å²) in [6.07, 6.45) is 3.95. The molecule has 1 saturated heterocycles. The highest BCUT2D eigenvalue weighted by Crippen LogP contribution is 2.62. The zero-order chi connectivity index (χ0) is 15.7. The first kappa shape index (κ1) is 14.0. The van der Waals surface area contributed by atoms with E-state index in [1.807, 2.05) is 13.0 Å². The molecule has 2 fully saturated rings. The first-order chi connectivity index (χ1) is 10.4. The molecule has 0 N–H and O–H groups in total. The lowest BCUT2D eigenvalue weighted by Gasteiger charge is -2.50. The van der Waals surface area contributed by atoms with E-state index in [0.717, 1.165) is 24.0 Å². The lowest BCUT2D eigenvalue weighted by Crippen LogP contribution is -2.55. The van der Waals surface area contributed by atoms with Crippen LogP contribution in [0, 0.1) is 11.3 Å². The maximum Gasteiger partial charge on any atom is 0.336 e. The second-order valence-corrected chi connectivity index (χ2v) is 6.78. The number of fused-ring (bicyclic) bond motifs is 2. The van der Waals surface area contributed by atoms with Crippen LogP contribution >= 0.6 is 0 Å². The number of rotatable bonds is 2. The number of hydrogen-bond acceptors (Lipinski definition) is 5. The highest BCUT2D eigenvalue weighted by Gasteiger charge is 2.68. The molecule has 2 heterocycles. The summed E-state index contributed by atoms with van der Waals surface area (Å²) in [5.74, 6) is -1.46. The molecule has 118 valence electrons. The first-order valence-electron chi connectivity index (χ1n) is 7.94. The predicted octanol–water partition coefficient (Wildman–Crippen LogP) is 2.26. The largest absolute Gasteiger partial charge is 0.453 e. The maximum atomic E-state index is 12.3. The fourth-order valence-electron chi connectivity index (χ4n) is 4.74. The van der Waals surface area contributed by atoms with Crippen molar-refractivity contribution >= 4 is 11.9 Å². The Kier molecular flexibility index (Phi) is 2.69. The van der Waals surface area contributed by atoms with Gasteiger partial charge in [0.15, 0.2) is 0 Å². The summed E-state index contributed by atoms with van der Waals surface area (Å²) in [7, 11) is 0. The topological polar surface area (TPSA) is 61.8 Å².